The molecule has 0 aliphatic heterocycles. The molecule has 1 aromatic rings. The monoisotopic (exact) mass is 207 g/mol. The molecule has 0 atom stereocenters. The predicted molar refractivity (Wildman–Crippen MR) is 59.0 cm³/mol. The molecule has 0 saturated carbocycles. The molecule has 0 unspecified atom stereocenters. The van der Waals surface area contributed by atoms with E-state index in [9.17, 15) is 4.79 Å². The molecule has 0 spiro atoms. The molecule has 0 aliphatic carbocycles. The lowest BCUT2D eigenvalue weighted by atomic mass is 10.0. The zero-order valence-corrected chi connectivity index (χ0v) is 9.49. The second kappa shape index (κ2) is 5.49. The van der Waals surface area contributed by atoms with Crippen LogP contribution >= 0.6 is 0 Å². The lowest BCUT2D eigenvalue weighted by molar-refractivity contribution is -0.119. The van der Waals surface area contributed by atoms with Gasteiger partial charge in [0.1, 0.15) is 11.5 Å². The van der Waals surface area contributed by atoms with Crippen molar-refractivity contribution in [2.45, 2.75) is 26.7 Å². The van der Waals surface area contributed by atoms with Crippen LogP contribution in [0.3, 0.4) is 0 Å². The van der Waals surface area contributed by atoms with Crippen LogP contribution in [0.15, 0.2) is 18.3 Å². The van der Waals surface area contributed by atoms with E-state index in [1.807, 2.05) is 26.0 Å². The summed E-state index contributed by atoms with van der Waals surface area (Å²) in [5, 5.41) is 0. The zero-order valence-electron chi connectivity index (χ0n) is 9.49. The highest BCUT2D eigenvalue weighted by atomic mass is 16.5. The molecule has 0 aromatic carbocycles. The first-order chi connectivity index (χ1) is 7.11. The molecular formula is C12H17NO2. The fourth-order valence-electron chi connectivity index (χ4n) is 1.37. The quantitative estimate of drug-likeness (QED) is 0.743. The van der Waals surface area contributed by atoms with Gasteiger partial charge in [-0.15, -0.1) is 0 Å². The zero-order chi connectivity index (χ0) is 11.3. The van der Waals surface area contributed by atoms with E-state index in [0.29, 0.717) is 18.8 Å². The second-order valence-electron chi connectivity index (χ2n) is 4.00. The Morgan fingerprint density at radius 3 is 2.67 bits per heavy atom. The summed E-state index contributed by atoms with van der Waals surface area (Å²) in [6, 6.07) is 3.65. The number of carbonyl (C=O) groups excluding carboxylic acids is 1. The summed E-state index contributed by atoms with van der Waals surface area (Å²) < 4.78 is 4.99. The Labute approximate surface area is 90.5 Å². The fourth-order valence-corrected chi connectivity index (χ4v) is 1.37. The SMILES string of the molecule is COc1ccc(CC(=O)CC(C)C)nc1. The average Bonchev–Trinajstić information content (AvgIpc) is 2.17. The van der Waals surface area contributed by atoms with Gasteiger partial charge in [-0.05, 0) is 18.1 Å². The van der Waals surface area contributed by atoms with Crippen molar-refractivity contribution < 1.29 is 9.53 Å². The molecule has 3 heteroatoms. The van der Waals surface area contributed by atoms with Gasteiger partial charge in [0.2, 0.25) is 0 Å². The highest BCUT2D eigenvalue weighted by molar-refractivity contribution is 5.80. The standard InChI is InChI=1S/C12H17NO2/c1-9(2)6-11(14)7-10-4-5-12(15-3)8-13-10/h4-5,8-9H,6-7H2,1-3H3. The van der Waals surface area contributed by atoms with E-state index < -0.39 is 0 Å². The first kappa shape index (κ1) is 11.7. The molecule has 0 bridgehead atoms. The third-order valence-electron chi connectivity index (χ3n) is 2.05. The topological polar surface area (TPSA) is 39.2 Å². The highest BCUT2D eigenvalue weighted by Gasteiger charge is 2.07. The van der Waals surface area contributed by atoms with E-state index in [1.165, 1.54) is 0 Å². The van der Waals surface area contributed by atoms with Crippen LogP contribution in [0.2, 0.25) is 0 Å². The minimum atomic E-state index is 0.239. The van der Waals surface area contributed by atoms with Crippen molar-refractivity contribution in [2.75, 3.05) is 7.11 Å². The van der Waals surface area contributed by atoms with Crippen LogP contribution in [0.25, 0.3) is 0 Å². The molecule has 0 saturated heterocycles. The van der Waals surface area contributed by atoms with Crippen molar-refractivity contribution in [1.82, 2.24) is 4.98 Å². The Kier molecular flexibility index (Phi) is 4.28. The van der Waals surface area contributed by atoms with Gasteiger partial charge in [-0.1, -0.05) is 13.8 Å². The normalized spacial score (nSPS) is 10.4. The van der Waals surface area contributed by atoms with Crippen molar-refractivity contribution in [1.29, 1.82) is 0 Å². The van der Waals surface area contributed by atoms with Crippen LogP contribution in [-0.2, 0) is 11.2 Å². The first-order valence-corrected chi connectivity index (χ1v) is 5.12. The number of pyridine rings is 1. The lowest BCUT2D eigenvalue weighted by Gasteiger charge is -2.04. The molecule has 82 valence electrons. The molecule has 0 fully saturated rings. The number of ketones is 1. The lowest BCUT2D eigenvalue weighted by Crippen LogP contribution is -2.07. The number of ether oxygens (including phenoxy) is 1. The number of hydrogen-bond donors (Lipinski definition) is 0. The maximum Gasteiger partial charge on any atom is 0.139 e. The summed E-state index contributed by atoms with van der Waals surface area (Å²) in [5.41, 5.74) is 0.807. The van der Waals surface area contributed by atoms with E-state index >= 15 is 0 Å². The summed E-state index contributed by atoms with van der Waals surface area (Å²) in [7, 11) is 1.60. The molecule has 1 heterocycles. The van der Waals surface area contributed by atoms with Crippen molar-refractivity contribution in [3.05, 3.63) is 24.0 Å². The van der Waals surface area contributed by atoms with Gasteiger partial charge < -0.3 is 4.74 Å². The van der Waals surface area contributed by atoms with E-state index in [2.05, 4.69) is 4.98 Å². The van der Waals surface area contributed by atoms with Crippen LogP contribution < -0.4 is 4.74 Å². The van der Waals surface area contributed by atoms with Gasteiger partial charge >= 0.3 is 0 Å². The van der Waals surface area contributed by atoms with E-state index in [4.69, 9.17) is 4.74 Å². The Morgan fingerprint density at radius 2 is 2.20 bits per heavy atom. The number of carbonyl (C=O) groups is 1. The van der Waals surface area contributed by atoms with Crippen molar-refractivity contribution in [3.8, 4) is 5.75 Å². The van der Waals surface area contributed by atoms with Crippen molar-refractivity contribution in [2.24, 2.45) is 5.92 Å². The minimum absolute atomic E-state index is 0.239. The summed E-state index contributed by atoms with van der Waals surface area (Å²) >= 11 is 0. The van der Waals surface area contributed by atoms with Crippen molar-refractivity contribution in [3.63, 3.8) is 0 Å². The smallest absolute Gasteiger partial charge is 0.139 e. The number of rotatable bonds is 5. The van der Waals surface area contributed by atoms with Gasteiger partial charge in [-0.3, -0.25) is 9.78 Å². The first-order valence-electron chi connectivity index (χ1n) is 5.12. The molecule has 0 N–H and O–H groups in total. The Morgan fingerprint density at radius 1 is 1.47 bits per heavy atom. The van der Waals surface area contributed by atoms with Gasteiger partial charge in [0.15, 0.2) is 0 Å². The van der Waals surface area contributed by atoms with Gasteiger partial charge in [0.25, 0.3) is 0 Å². The number of nitrogens with zero attached hydrogens (tertiary/aromatic N) is 1. The molecular weight excluding hydrogens is 190 g/mol. The van der Waals surface area contributed by atoms with Crippen LogP contribution in [0.4, 0.5) is 0 Å². The largest absolute Gasteiger partial charge is 0.495 e. The van der Waals surface area contributed by atoms with E-state index in [-0.39, 0.29) is 5.78 Å². The molecule has 1 rings (SSSR count). The van der Waals surface area contributed by atoms with Crippen LogP contribution in [0.5, 0.6) is 5.75 Å². The highest BCUT2D eigenvalue weighted by Crippen LogP contribution is 2.10. The number of hydrogen-bond acceptors (Lipinski definition) is 3. The van der Waals surface area contributed by atoms with Crippen LogP contribution in [0.1, 0.15) is 26.0 Å². The van der Waals surface area contributed by atoms with Crippen LogP contribution in [0, 0.1) is 5.92 Å². The molecule has 0 amide bonds. The average molecular weight is 207 g/mol. The molecule has 0 radical (unpaired) electrons. The van der Waals surface area contributed by atoms with Crippen molar-refractivity contribution >= 4 is 5.78 Å². The summed E-state index contributed by atoms with van der Waals surface area (Å²) in [6.45, 7) is 4.08. The fraction of sp³-hybridized carbons (Fsp3) is 0.500. The van der Waals surface area contributed by atoms with Gasteiger partial charge in [0, 0.05) is 18.5 Å². The summed E-state index contributed by atoms with van der Waals surface area (Å²) in [4.78, 5) is 15.7. The number of aromatic nitrogens is 1. The Hall–Kier alpha value is -1.38. The third-order valence-corrected chi connectivity index (χ3v) is 2.05. The molecule has 3 nitrogen and oxygen atoms in total. The summed E-state index contributed by atoms with van der Waals surface area (Å²) in [5.74, 6) is 1.37. The second-order valence-corrected chi connectivity index (χ2v) is 4.00. The minimum Gasteiger partial charge on any atom is -0.495 e. The molecule has 0 aliphatic rings. The predicted octanol–water partition coefficient (Wildman–Crippen LogP) is 2.25. The van der Waals surface area contributed by atoms with Gasteiger partial charge in [-0.25, -0.2) is 0 Å². The number of methoxy groups -OCH3 is 1. The number of Topliss-reactive ketones (excluding diaryl/α,β-unsaturated/α-hetero) is 1. The van der Waals surface area contributed by atoms with Gasteiger partial charge in [-0.2, -0.15) is 0 Å². The summed E-state index contributed by atoms with van der Waals surface area (Å²) in [6.07, 6.45) is 2.67. The maximum absolute atomic E-state index is 11.5. The third kappa shape index (κ3) is 4.11. The maximum atomic E-state index is 11.5. The van der Waals surface area contributed by atoms with Crippen LogP contribution in [-0.4, -0.2) is 17.9 Å². The Balaban J connectivity index is 2.53. The van der Waals surface area contributed by atoms with E-state index in [0.717, 1.165) is 11.4 Å². The Bertz CT molecular complexity index is 317. The molecule has 1 aromatic heterocycles. The van der Waals surface area contributed by atoms with Gasteiger partial charge in [0.05, 0.1) is 13.3 Å². The molecule has 15 heavy (non-hydrogen) atoms. The van der Waals surface area contributed by atoms with E-state index in [1.54, 1.807) is 13.3 Å².